The molecule has 0 aliphatic rings. The molecular weight excluding hydrogens is 346 g/mol. The van der Waals surface area contributed by atoms with Gasteiger partial charge >= 0.3 is 6.03 Å². The van der Waals surface area contributed by atoms with E-state index in [0.717, 1.165) is 5.56 Å². The maximum atomic E-state index is 11.9. The van der Waals surface area contributed by atoms with E-state index in [1.807, 2.05) is 30.3 Å². The number of nitrogens with zero attached hydrogens (tertiary/aromatic N) is 2. The molecule has 2 aromatic rings. The highest BCUT2D eigenvalue weighted by Crippen LogP contribution is 2.29. The Bertz CT molecular complexity index is 678. The van der Waals surface area contributed by atoms with E-state index in [2.05, 4.69) is 26.1 Å². The Morgan fingerprint density at radius 3 is 2.71 bits per heavy atom. The highest BCUT2D eigenvalue weighted by Gasteiger charge is 2.19. The number of amides is 3. The quantitative estimate of drug-likeness (QED) is 0.653. The summed E-state index contributed by atoms with van der Waals surface area (Å²) in [5.74, 6) is -0.361. The molecule has 0 fully saturated rings. The minimum atomic E-state index is -0.488. The van der Waals surface area contributed by atoms with E-state index in [0.29, 0.717) is 22.6 Å². The molecule has 0 unspecified atom stereocenters. The number of hydrogen-bond donors (Lipinski definition) is 3. The monoisotopic (exact) mass is 365 g/mol. The molecule has 0 aliphatic carbocycles. The van der Waals surface area contributed by atoms with E-state index in [-0.39, 0.29) is 5.91 Å². The molecule has 2 rings (SSSR count). The largest absolute Gasteiger partial charge is 0.356 e. The molecule has 24 heavy (non-hydrogen) atoms. The number of rotatable bonds is 7. The Balaban J connectivity index is 1.82. The van der Waals surface area contributed by atoms with Crippen molar-refractivity contribution >= 4 is 40.2 Å². The first-order valence-electron chi connectivity index (χ1n) is 7.45. The van der Waals surface area contributed by atoms with E-state index in [1.165, 1.54) is 23.1 Å². The molecule has 3 N–H and O–H groups in total. The van der Waals surface area contributed by atoms with Gasteiger partial charge in [0.2, 0.25) is 11.0 Å². The lowest BCUT2D eigenvalue weighted by molar-refractivity contribution is -0.119. The minimum Gasteiger partial charge on any atom is -0.356 e. The van der Waals surface area contributed by atoms with Crippen molar-refractivity contribution in [1.82, 2.24) is 20.8 Å². The summed E-state index contributed by atoms with van der Waals surface area (Å²) in [5, 5.41) is 16.4. The average Bonchev–Trinajstić information content (AvgIpc) is 3.01. The maximum Gasteiger partial charge on any atom is 0.321 e. The van der Waals surface area contributed by atoms with Gasteiger partial charge in [-0.3, -0.25) is 10.1 Å². The van der Waals surface area contributed by atoms with Gasteiger partial charge in [-0.05, 0) is 19.4 Å². The first-order chi connectivity index (χ1) is 11.6. The Labute approximate surface area is 148 Å². The van der Waals surface area contributed by atoms with E-state index in [9.17, 15) is 9.59 Å². The third-order valence-electron chi connectivity index (χ3n) is 2.91. The molecule has 0 radical (unpaired) electrons. The number of anilines is 1. The summed E-state index contributed by atoms with van der Waals surface area (Å²) >= 11 is 2.64. The van der Waals surface area contributed by atoms with Crippen LogP contribution in [0.3, 0.4) is 0 Å². The fourth-order valence-corrected chi connectivity index (χ4v) is 3.62. The Morgan fingerprint density at radius 2 is 2.00 bits per heavy atom. The molecule has 128 valence electrons. The first kappa shape index (κ1) is 18.2. The van der Waals surface area contributed by atoms with Gasteiger partial charge in [0, 0.05) is 13.1 Å². The second-order valence-corrected chi connectivity index (χ2v) is 7.39. The lowest BCUT2D eigenvalue weighted by atomic mass is 10.2. The number of imide groups is 1. The molecule has 3 amide bonds. The molecule has 0 bridgehead atoms. The van der Waals surface area contributed by atoms with E-state index in [1.54, 1.807) is 13.8 Å². The van der Waals surface area contributed by atoms with Crippen LogP contribution in [-0.2, 0) is 11.3 Å². The number of urea groups is 1. The van der Waals surface area contributed by atoms with Crippen molar-refractivity contribution in [3.05, 3.63) is 35.9 Å². The zero-order chi connectivity index (χ0) is 17.4. The van der Waals surface area contributed by atoms with Gasteiger partial charge in [-0.1, -0.05) is 53.4 Å². The van der Waals surface area contributed by atoms with Gasteiger partial charge in [0.1, 0.15) is 0 Å². The second-order valence-electron chi connectivity index (χ2n) is 4.82. The van der Waals surface area contributed by atoms with Crippen LogP contribution in [0.5, 0.6) is 0 Å². The molecule has 1 heterocycles. The average molecular weight is 365 g/mol. The third kappa shape index (κ3) is 5.82. The number of aromatic nitrogens is 2. The van der Waals surface area contributed by atoms with Crippen molar-refractivity contribution in [1.29, 1.82) is 0 Å². The summed E-state index contributed by atoms with van der Waals surface area (Å²) in [6.45, 7) is 4.63. The first-order valence-corrected chi connectivity index (χ1v) is 9.14. The number of carbonyl (C=O) groups is 2. The van der Waals surface area contributed by atoms with Gasteiger partial charge in [0.25, 0.3) is 0 Å². The predicted molar refractivity (Wildman–Crippen MR) is 96.2 cm³/mol. The molecule has 0 saturated carbocycles. The molecule has 1 atom stereocenters. The summed E-state index contributed by atoms with van der Waals surface area (Å²) in [4.78, 5) is 23.2. The van der Waals surface area contributed by atoms with Crippen LogP contribution in [0.4, 0.5) is 9.93 Å². The molecule has 7 nitrogen and oxygen atoms in total. The van der Waals surface area contributed by atoms with E-state index < -0.39 is 11.3 Å². The molecule has 0 saturated heterocycles. The summed E-state index contributed by atoms with van der Waals surface area (Å²) in [6, 6.07) is 9.49. The van der Waals surface area contributed by atoms with Crippen molar-refractivity contribution < 1.29 is 9.59 Å². The summed E-state index contributed by atoms with van der Waals surface area (Å²) in [7, 11) is 0. The van der Waals surface area contributed by atoms with Gasteiger partial charge in [-0.15, -0.1) is 10.2 Å². The Kier molecular flexibility index (Phi) is 7.01. The van der Waals surface area contributed by atoms with Gasteiger partial charge in [0.05, 0.1) is 5.25 Å². The fraction of sp³-hybridized carbons (Fsp3) is 0.333. The van der Waals surface area contributed by atoms with Crippen molar-refractivity contribution in [2.75, 3.05) is 11.9 Å². The smallest absolute Gasteiger partial charge is 0.321 e. The van der Waals surface area contributed by atoms with Gasteiger partial charge in [-0.2, -0.15) is 0 Å². The molecule has 0 spiro atoms. The molecule has 0 aliphatic heterocycles. The van der Waals surface area contributed by atoms with E-state index >= 15 is 0 Å². The third-order valence-corrected chi connectivity index (χ3v) is 4.98. The van der Waals surface area contributed by atoms with Crippen LogP contribution >= 0.6 is 23.1 Å². The van der Waals surface area contributed by atoms with Gasteiger partial charge < -0.3 is 10.6 Å². The van der Waals surface area contributed by atoms with Crippen LogP contribution in [0.25, 0.3) is 0 Å². The normalized spacial score (nSPS) is 11.6. The molecule has 1 aromatic heterocycles. The number of benzene rings is 1. The number of thioether (sulfide) groups is 1. The van der Waals surface area contributed by atoms with Crippen molar-refractivity contribution in [2.24, 2.45) is 0 Å². The maximum absolute atomic E-state index is 11.9. The second kappa shape index (κ2) is 9.24. The molecule has 1 aromatic carbocycles. The highest BCUT2D eigenvalue weighted by atomic mass is 32.2. The lowest BCUT2D eigenvalue weighted by Gasteiger charge is -2.09. The van der Waals surface area contributed by atoms with Crippen LogP contribution in [0.2, 0.25) is 0 Å². The molecule has 9 heteroatoms. The predicted octanol–water partition coefficient (Wildman–Crippen LogP) is 2.48. The van der Waals surface area contributed by atoms with Crippen LogP contribution in [0.1, 0.15) is 19.4 Å². The SMILES string of the molecule is CCNC(=O)NC(=O)[C@H](C)Sc1nnc(NCc2ccccc2)s1. The zero-order valence-corrected chi connectivity index (χ0v) is 15.0. The summed E-state index contributed by atoms with van der Waals surface area (Å²) < 4.78 is 0.670. The number of nitrogens with one attached hydrogen (secondary N) is 3. The standard InChI is InChI=1S/C15H19N5O2S2/c1-3-16-13(22)18-12(21)10(2)23-15-20-19-14(24-15)17-9-11-7-5-4-6-8-11/h4-8,10H,3,9H2,1-2H3,(H,17,19)(H2,16,18,21,22)/t10-/m0/s1. The topological polar surface area (TPSA) is 96.0 Å². The summed E-state index contributed by atoms with van der Waals surface area (Å²) in [6.07, 6.45) is 0. The fourth-order valence-electron chi connectivity index (χ4n) is 1.73. The van der Waals surface area contributed by atoms with Crippen LogP contribution in [-0.4, -0.2) is 33.9 Å². The molecular formula is C15H19N5O2S2. The van der Waals surface area contributed by atoms with Crippen molar-refractivity contribution in [2.45, 2.75) is 30.0 Å². The highest BCUT2D eigenvalue weighted by molar-refractivity contribution is 8.02. The van der Waals surface area contributed by atoms with Gasteiger partial charge in [-0.25, -0.2) is 4.79 Å². The Morgan fingerprint density at radius 1 is 1.25 bits per heavy atom. The van der Waals surface area contributed by atoms with Crippen molar-refractivity contribution in [3.8, 4) is 0 Å². The Hall–Kier alpha value is -2.13. The van der Waals surface area contributed by atoms with Crippen molar-refractivity contribution in [3.63, 3.8) is 0 Å². The summed E-state index contributed by atoms with van der Waals surface area (Å²) in [5.41, 5.74) is 1.15. The zero-order valence-electron chi connectivity index (χ0n) is 13.4. The minimum absolute atomic E-state index is 0.361. The van der Waals surface area contributed by atoms with E-state index in [4.69, 9.17) is 0 Å². The van der Waals surface area contributed by atoms with Crippen LogP contribution < -0.4 is 16.0 Å². The van der Waals surface area contributed by atoms with Gasteiger partial charge in [0.15, 0.2) is 4.34 Å². The van der Waals surface area contributed by atoms with Crippen LogP contribution in [0, 0.1) is 0 Å². The number of carbonyl (C=O) groups excluding carboxylic acids is 2. The lowest BCUT2D eigenvalue weighted by Crippen LogP contribution is -2.42. The van der Waals surface area contributed by atoms with Crippen LogP contribution in [0.15, 0.2) is 34.7 Å². The number of hydrogen-bond acceptors (Lipinski definition) is 7.